The highest BCUT2D eigenvalue weighted by atomic mass is 16.6. The molecule has 0 radical (unpaired) electrons. The SMILES string of the molecule is COc1ccc(C2(C(=O)N3C[C@@H](OCc4ccccc4)C[C@@H]3C(=O)Nc3ccc4c(cnn4C(=O)OC(C)(C)C)n3)CCCCC2)cc1. The number of aromatic nitrogens is 3. The number of benzene rings is 2. The monoisotopic (exact) mass is 653 g/mol. The predicted molar refractivity (Wildman–Crippen MR) is 181 cm³/mol. The molecule has 1 saturated carbocycles. The maximum Gasteiger partial charge on any atom is 0.435 e. The summed E-state index contributed by atoms with van der Waals surface area (Å²) in [5, 5.41) is 7.09. The lowest BCUT2D eigenvalue weighted by Crippen LogP contribution is -2.52. The first-order valence-electron chi connectivity index (χ1n) is 16.6. The minimum atomic E-state index is -0.766. The molecule has 252 valence electrons. The van der Waals surface area contributed by atoms with Gasteiger partial charge in [0.15, 0.2) is 0 Å². The zero-order valence-corrected chi connectivity index (χ0v) is 28.0. The van der Waals surface area contributed by atoms with Gasteiger partial charge in [0.1, 0.15) is 28.7 Å². The molecule has 1 aliphatic heterocycles. The van der Waals surface area contributed by atoms with E-state index in [2.05, 4.69) is 15.4 Å². The number of carbonyl (C=O) groups is 3. The van der Waals surface area contributed by atoms with Crippen LogP contribution in [0, 0.1) is 0 Å². The van der Waals surface area contributed by atoms with Crippen molar-refractivity contribution in [2.45, 2.75) is 89.1 Å². The number of nitrogens with one attached hydrogen (secondary N) is 1. The standard InChI is InChI=1S/C37H43N5O6/c1-36(2,3)48-35(45)42-30-17-18-32(39-29(30)22-38-42)40-33(43)31-21-28(47-24-25-11-7-5-8-12-25)23-41(31)34(44)37(19-9-6-10-20-37)26-13-15-27(46-4)16-14-26/h5,7-8,11-18,22,28,31H,6,9-10,19-21,23-24H2,1-4H3,(H,39,40,43)/t28-,31+/m0/s1. The third kappa shape index (κ3) is 7.06. The Kier molecular flexibility index (Phi) is 9.50. The first-order chi connectivity index (χ1) is 23.1. The van der Waals surface area contributed by atoms with Crippen molar-refractivity contribution < 1.29 is 28.6 Å². The smallest absolute Gasteiger partial charge is 0.435 e. The van der Waals surface area contributed by atoms with E-state index in [-0.39, 0.29) is 17.9 Å². The van der Waals surface area contributed by atoms with Crippen LogP contribution in [0.1, 0.15) is 70.4 Å². The zero-order valence-electron chi connectivity index (χ0n) is 28.0. The fraction of sp³-hybridized carbons (Fsp3) is 0.432. The molecule has 48 heavy (non-hydrogen) atoms. The normalized spacial score (nSPS) is 19.2. The number of rotatable bonds is 8. The molecular formula is C37H43N5O6. The highest BCUT2D eigenvalue weighted by molar-refractivity contribution is 6.00. The molecule has 4 aromatic rings. The molecular weight excluding hydrogens is 610 g/mol. The molecule has 2 aromatic carbocycles. The number of anilines is 1. The van der Waals surface area contributed by atoms with Gasteiger partial charge in [-0.05, 0) is 69.0 Å². The topological polar surface area (TPSA) is 125 Å². The number of amides is 2. The first kappa shape index (κ1) is 33.1. The van der Waals surface area contributed by atoms with Crippen LogP contribution in [0.4, 0.5) is 10.6 Å². The molecule has 0 spiro atoms. The van der Waals surface area contributed by atoms with Crippen molar-refractivity contribution in [3.05, 3.63) is 84.1 Å². The Hall–Kier alpha value is -4.77. The molecule has 1 aliphatic carbocycles. The third-order valence-electron chi connectivity index (χ3n) is 9.16. The second-order valence-electron chi connectivity index (χ2n) is 13.6. The van der Waals surface area contributed by atoms with Crippen LogP contribution in [0.15, 0.2) is 72.9 Å². The summed E-state index contributed by atoms with van der Waals surface area (Å²) in [6, 6.07) is 20.1. The molecule has 3 heterocycles. The minimum absolute atomic E-state index is 0.0552. The summed E-state index contributed by atoms with van der Waals surface area (Å²) in [6.45, 7) is 6.03. The molecule has 0 bridgehead atoms. The number of likely N-dealkylation sites (tertiary alicyclic amines) is 1. The first-order valence-corrected chi connectivity index (χ1v) is 16.6. The highest BCUT2D eigenvalue weighted by Crippen LogP contribution is 2.43. The van der Waals surface area contributed by atoms with Crippen molar-refractivity contribution in [1.29, 1.82) is 0 Å². The molecule has 2 aliphatic rings. The van der Waals surface area contributed by atoms with E-state index in [9.17, 15) is 14.4 Å². The fourth-order valence-electron chi connectivity index (χ4n) is 6.79. The summed E-state index contributed by atoms with van der Waals surface area (Å²) in [6.07, 6.45) is 5.19. The Morgan fingerprint density at radius 1 is 0.958 bits per heavy atom. The summed E-state index contributed by atoms with van der Waals surface area (Å²) in [5.41, 5.74) is 1.40. The summed E-state index contributed by atoms with van der Waals surface area (Å²) < 4.78 is 18.3. The van der Waals surface area contributed by atoms with Crippen LogP contribution in [0.3, 0.4) is 0 Å². The Morgan fingerprint density at radius 2 is 1.69 bits per heavy atom. The summed E-state index contributed by atoms with van der Waals surface area (Å²) in [4.78, 5) is 47.8. The van der Waals surface area contributed by atoms with E-state index in [1.807, 2.05) is 54.6 Å². The quantitative estimate of drug-likeness (QED) is 0.237. The number of pyridine rings is 1. The predicted octanol–water partition coefficient (Wildman–Crippen LogP) is 6.25. The fourth-order valence-corrected chi connectivity index (χ4v) is 6.79. The summed E-state index contributed by atoms with van der Waals surface area (Å²) >= 11 is 0. The second kappa shape index (κ2) is 13.8. The van der Waals surface area contributed by atoms with Crippen molar-refractivity contribution in [3.63, 3.8) is 0 Å². The lowest BCUT2D eigenvalue weighted by atomic mass is 9.68. The number of methoxy groups -OCH3 is 1. The van der Waals surface area contributed by atoms with Crippen LogP contribution in [0.2, 0.25) is 0 Å². The van der Waals surface area contributed by atoms with Gasteiger partial charge in [-0.1, -0.05) is 61.7 Å². The average molecular weight is 654 g/mol. The average Bonchev–Trinajstić information content (AvgIpc) is 3.72. The number of carbonyl (C=O) groups excluding carboxylic acids is 3. The van der Waals surface area contributed by atoms with Crippen LogP contribution in [0.25, 0.3) is 11.0 Å². The van der Waals surface area contributed by atoms with Crippen molar-refractivity contribution in [3.8, 4) is 5.75 Å². The summed E-state index contributed by atoms with van der Waals surface area (Å²) in [7, 11) is 1.62. The largest absolute Gasteiger partial charge is 0.497 e. The van der Waals surface area contributed by atoms with Gasteiger partial charge in [-0.15, -0.1) is 0 Å². The van der Waals surface area contributed by atoms with Crippen molar-refractivity contribution in [2.75, 3.05) is 19.0 Å². The van der Waals surface area contributed by atoms with Gasteiger partial charge in [-0.2, -0.15) is 9.78 Å². The Bertz CT molecular complexity index is 1760. The maximum atomic E-state index is 14.8. The molecule has 1 N–H and O–H groups in total. The van der Waals surface area contributed by atoms with Crippen molar-refractivity contribution in [2.24, 2.45) is 0 Å². The minimum Gasteiger partial charge on any atom is -0.497 e. The molecule has 11 heteroatoms. The van der Waals surface area contributed by atoms with E-state index in [1.165, 1.54) is 6.20 Å². The van der Waals surface area contributed by atoms with Crippen molar-refractivity contribution >= 4 is 34.8 Å². The Morgan fingerprint density at radius 3 is 2.38 bits per heavy atom. The zero-order chi connectivity index (χ0) is 33.9. The van der Waals surface area contributed by atoms with Gasteiger partial charge in [0, 0.05) is 13.0 Å². The van der Waals surface area contributed by atoms with Gasteiger partial charge < -0.3 is 24.4 Å². The Balaban J connectivity index is 1.26. The lowest BCUT2D eigenvalue weighted by Gasteiger charge is -2.40. The molecule has 11 nitrogen and oxygen atoms in total. The van der Waals surface area contributed by atoms with Gasteiger partial charge in [-0.25, -0.2) is 9.78 Å². The summed E-state index contributed by atoms with van der Waals surface area (Å²) in [5.74, 6) is 0.618. The highest BCUT2D eigenvalue weighted by Gasteiger charge is 2.49. The molecule has 2 fully saturated rings. The van der Waals surface area contributed by atoms with E-state index < -0.39 is 23.2 Å². The number of ether oxygens (including phenoxy) is 3. The van der Waals surface area contributed by atoms with E-state index in [1.54, 1.807) is 44.9 Å². The number of hydrogen-bond donors (Lipinski definition) is 1. The van der Waals surface area contributed by atoms with Crippen LogP contribution in [-0.2, 0) is 31.1 Å². The van der Waals surface area contributed by atoms with Crippen LogP contribution < -0.4 is 10.1 Å². The van der Waals surface area contributed by atoms with Gasteiger partial charge in [0.05, 0.1) is 36.9 Å². The molecule has 0 unspecified atom stereocenters. The van der Waals surface area contributed by atoms with Crippen LogP contribution >= 0.6 is 0 Å². The number of fused-ring (bicyclic) bond motifs is 1. The van der Waals surface area contributed by atoms with Crippen molar-refractivity contribution in [1.82, 2.24) is 19.7 Å². The second-order valence-corrected chi connectivity index (χ2v) is 13.6. The number of nitrogens with zero attached hydrogens (tertiary/aromatic N) is 4. The van der Waals surface area contributed by atoms with Gasteiger partial charge >= 0.3 is 6.09 Å². The lowest BCUT2D eigenvalue weighted by molar-refractivity contribution is -0.143. The third-order valence-corrected chi connectivity index (χ3v) is 9.16. The van der Waals surface area contributed by atoms with E-state index in [4.69, 9.17) is 14.2 Å². The molecule has 2 aromatic heterocycles. The molecule has 2 atom stereocenters. The van der Waals surface area contributed by atoms with E-state index in [0.717, 1.165) is 40.8 Å². The maximum absolute atomic E-state index is 14.8. The molecule has 2 amide bonds. The van der Waals surface area contributed by atoms with E-state index >= 15 is 0 Å². The van der Waals surface area contributed by atoms with Gasteiger partial charge in [0.2, 0.25) is 11.8 Å². The Labute approximate surface area is 280 Å². The molecule has 6 rings (SSSR count). The van der Waals surface area contributed by atoms with E-state index in [0.29, 0.717) is 49.3 Å². The molecule has 1 saturated heterocycles. The number of hydrogen-bond acceptors (Lipinski definition) is 8. The van der Waals surface area contributed by atoms with Crippen LogP contribution in [-0.4, -0.2) is 69.0 Å². The van der Waals surface area contributed by atoms with Gasteiger partial charge in [-0.3, -0.25) is 9.59 Å². The van der Waals surface area contributed by atoms with Gasteiger partial charge in [0.25, 0.3) is 0 Å². The van der Waals surface area contributed by atoms with Crippen LogP contribution in [0.5, 0.6) is 5.75 Å².